The van der Waals surface area contributed by atoms with Crippen LogP contribution in [-0.4, -0.2) is 49.1 Å². The highest BCUT2D eigenvalue weighted by Gasteiger charge is 2.20. The number of fused-ring (bicyclic) bond motifs is 1. The SMILES string of the molecule is CCC.NC=NCCN1CCC(c2cccc(F)c2)CC1.Oc1ccc2c(c1)CNCC2. The minimum atomic E-state index is -0.132. The molecule has 4 rings (SSSR count). The molecule has 0 atom stereocenters. The van der Waals surface area contributed by atoms with Crippen LogP contribution in [0.1, 0.15) is 55.7 Å². The fourth-order valence-electron chi connectivity index (χ4n) is 3.99. The van der Waals surface area contributed by atoms with Crippen LogP contribution in [0.2, 0.25) is 0 Å². The van der Waals surface area contributed by atoms with Crippen LogP contribution >= 0.6 is 0 Å². The lowest BCUT2D eigenvalue weighted by molar-refractivity contribution is 0.218. The smallest absolute Gasteiger partial charge is 0.123 e. The molecule has 5 nitrogen and oxygen atoms in total. The van der Waals surface area contributed by atoms with E-state index in [0.29, 0.717) is 11.7 Å². The third-order valence-electron chi connectivity index (χ3n) is 5.63. The first-order valence-electron chi connectivity index (χ1n) is 11.8. The lowest BCUT2D eigenvalue weighted by Gasteiger charge is -2.31. The number of aliphatic imine (C=N–C) groups is 1. The van der Waals surface area contributed by atoms with Gasteiger partial charge in [0.2, 0.25) is 0 Å². The Labute approximate surface area is 192 Å². The molecule has 0 spiro atoms. The van der Waals surface area contributed by atoms with Gasteiger partial charge in [-0.3, -0.25) is 4.99 Å². The molecule has 0 unspecified atom stereocenters. The Morgan fingerprint density at radius 3 is 2.59 bits per heavy atom. The molecule has 0 saturated carbocycles. The molecular formula is C26H39FN4O. The molecule has 6 heteroatoms. The standard InChI is InChI=1S/C14H20FN3.C9H11NO.C3H8/c15-14-3-1-2-13(10-14)12-4-7-18(8-5-12)9-6-17-11-16;11-9-2-1-7-3-4-10-6-8(7)5-9;1-3-2/h1-3,10-12H,4-9H2,(H2,16,17);1-2,5,10-11H,3-4,6H2;3H2,1-2H3. The molecular weight excluding hydrogens is 403 g/mol. The lowest BCUT2D eigenvalue weighted by atomic mass is 9.89. The Bertz CT molecular complexity index is 819. The predicted molar refractivity (Wildman–Crippen MR) is 132 cm³/mol. The van der Waals surface area contributed by atoms with Gasteiger partial charge in [-0.05, 0) is 85.8 Å². The van der Waals surface area contributed by atoms with Crippen molar-refractivity contribution in [3.8, 4) is 5.75 Å². The summed E-state index contributed by atoms with van der Waals surface area (Å²) in [4.78, 5) is 6.41. The number of nitrogens with zero attached hydrogens (tertiary/aromatic N) is 2. The minimum Gasteiger partial charge on any atom is -0.508 e. The maximum absolute atomic E-state index is 13.2. The summed E-state index contributed by atoms with van der Waals surface area (Å²) in [6.45, 7) is 10.0. The topological polar surface area (TPSA) is 73.9 Å². The Hall–Kier alpha value is -2.44. The van der Waals surface area contributed by atoms with Gasteiger partial charge in [0, 0.05) is 13.1 Å². The predicted octanol–water partition coefficient (Wildman–Crippen LogP) is 4.45. The number of aromatic hydroxyl groups is 1. The number of likely N-dealkylation sites (tertiary alicyclic amines) is 1. The Morgan fingerprint density at radius 2 is 1.91 bits per heavy atom. The van der Waals surface area contributed by atoms with Crippen molar-refractivity contribution in [2.24, 2.45) is 10.7 Å². The van der Waals surface area contributed by atoms with Gasteiger partial charge in [0.1, 0.15) is 11.6 Å². The summed E-state index contributed by atoms with van der Waals surface area (Å²) >= 11 is 0. The molecule has 2 aliphatic heterocycles. The molecule has 2 heterocycles. The van der Waals surface area contributed by atoms with Crippen molar-refractivity contribution < 1.29 is 9.50 Å². The van der Waals surface area contributed by atoms with Crippen LogP contribution in [0.4, 0.5) is 4.39 Å². The van der Waals surface area contributed by atoms with Crippen LogP contribution in [0.25, 0.3) is 0 Å². The molecule has 0 aromatic heterocycles. The molecule has 0 radical (unpaired) electrons. The van der Waals surface area contributed by atoms with E-state index in [1.807, 2.05) is 18.2 Å². The summed E-state index contributed by atoms with van der Waals surface area (Å²) in [5, 5.41) is 12.4. The number of piperidine rings is 1. The van der Waals surface area contributed by atoms with Crippen LogP contribution in [0.5, 0.6) is 5.75 Å². The summed E-state index contributed by atoms with van der Waals surface area (Å²) in [6.07, 6.45) is 5.88. The van der Waals surface area contributed by atoms with E-state index in [-0.39, 0.29) is 5.82 Å². The molecule has 2 aliphatic rings. The Morgan fingerprint density at radius 1 is 1.16 bits per heavy atom. The van der Waals surface area contributed by atoms with Crippen molar-refractivity contribution in [3.63, 3.8) is 0 Å². The molecule has 0 aliphatic carbocycles. The maximum Gasteiger partial charge on any atom is 0.123 e. The molecule has 2 aromatic carbocycles. The third kappa shape index (κ3) is 8.97. The van der Waals surface area contributed by atoms with Crippen molar-refractivity contribution in [3.05, 3.63) is 65.0 Å². The van der Waals surface area contributed by atoms with Gasteiger partial charge in [-0.25, -0.2) is 4.39 Å². The zero-order valence-electron chi connectivity index (χ0n) is 19.6. The van der Waals surface area contributed by atoms with E-state index < -0.39 is 0 Å². The number of rotatable bonds is 4. The fourth-order valence-corrected chi connectivity index (χ4v) is 3.99. The van der Waals surface area contributed by atoms with E-state index in [9.17, 15) is 4.39 Å². The van der Waals surface area contributed by atoms with Crippen LogP contribution in [-0.2, 0) is 13.0 Å². The van der Waals surface area contributed by atoms with Gasteiger partial charge in [0.25, 0.3) is 0 Å². The molecule has 4 N–H and O–H groups in total. The highest BCUT2D eigenvalue weighted by Crippen LogP contribution is 2.28. The monoisotopic (exact) mass is 442 g/mol. The lowest BCUT2D eigenvalue weighted by Crippen LogP contribution is -2.34. The molecule has 1 fully saturated rings. The third-order valence-corrected chi connectivity index (χ3v) is 5.63. The summed E-state index contributed by atoms with van der Waals surface area (Å²) < 4.78 is 13.2. The number of halogens is 1. The molecule has 0 bridgehead atoms. The first-order valence-corrected chi connectivity index (χ1v) is 11.8. The zero-order valence-corrected chi connectivity index (χ0v) is 19.6. The van der Waals surface area contributed by atoms with Gasteiger partial charge in [-0.15, -0.1) is 0 Å². The zero-order chi connectivity index (χ0) is 23.2. The van der Waals surface area contributed by atoms with Crippen LogP contribution in [0.3, 0.4) is 0 Å². The number of phenols is 1. The second-order valence-electron chi connectivity index (χ2n) is 8.31. The fraction of sp³-hybridized carbons (Fsp3) is 0.500. The van der Waals surface area contributed by atoms with E-state index >= 15 is 0 Å². The number of hydrogen-bond acceptors (Lipinski definition) is 4. The molecule has 176 valence electrons. The van der Waals surface area contributed by atoms with Gasteiger partial charge in [-0.1, -0.05) is 38.5 Å². The van der Waals surface area contributed by atoms with Crippen LogP contribution in [0, 0.1) is 5.82 Å². The second kappa shape index (κ2) is 14.6. The van der Waals surface area contributed by atoms with E-state index in [1.54, 1.807) is 18.2 Å². The van der Waals surface area contributed by atoms with Gasteiger partial charge >= 0.3 is 0 Å². The maximum atomic E-state index is 13.2. The molecule has 32 heavy (non-hydrogen) atoms. The summed E-state index contributed by atoms with van der Waals surface area (Å²) in [7, 11) is 0. The summed E-state index contributed by atoms with van der Waals surface area (Å²) in [5.74, 6) is 0.731. The Kier molecular flexibility index (Phi) is 11.8. The summed E-state index contributed by atoms with van der Waals surface area (Å²) in [6, 6.07) is 12.6. The van der Waals surface area contributed by atoms with Crippen molar-refractivity contribution in [2.75, 3.05) is 32.7 Å². The van der Waals surface area contributed by atoms with Gasteiger partial charge in [-0.2, -0.15) is 0 Å². The molecule has 1 saturated heterocycles. The normalized spacial score (nSPS) is 16.5. The Balaban J connectivity index is 0.000000220. The van der Waals surface area contributed by atoms with Gasteiger partial charge < -0.3 is 21.1 Å². The first-order chi connectivity index (χ1) is 15.6. The van der Waals surface area contributed by atoms with E-state index in [2.05, 4.69) is 29.1 Å². The second-order valence-corrected chi connectivity index (χ2v) is 8.31. The molecule has 0 amide bonds. The number of benzene rings is 2. The minimum absolute atomic E-state index is 0.132. The summed E-state index contributed by atoms with van der Waals surface area (Å²) in [5.41, 5.74) is 8.94. The van der Waals surface area contributed by atoms with Crippen molar-refractivity contribution in [1.29, 1.82) is 0 Å². The van der Waals surface area contributed by atoms with Gasteiger partial charge in [0.15, 0.2) is 0 Å². The number of phenolic OH excluding ortho intramolecular Hbond substituents is 1. The highest BCUT2D eigenvalue weighted by molar-refractivity contribution is 5.51. The van der Waals surface area contributed by atoms with E-state index in [1.165, 1.54) is 30.0 Å². The highest BCUT2D eigenvalue weighted by atomic mass is 19.1. The van der Waals surface area contributed by atoms with E-state index in [0.717, 1.165) is 64.1 Å². The average molecular weight is 443 g/mol. The van der Waals surface area contributed by atoms with E-state index in [4.69, 9.17) is 10.8 Å². The first kappa shape index (κ1) is 25.8. The molecule has 2 aromatic rings. The number of hydrogen-bond donors (Lipinski definition) is 3. The average Bonchev–Trinajstić information content (AvgIpc) is 2.81. The van der Waals surface area contributed by atoms with Crippen LogP contribution < -0.4 is 11.1 Å². The van der Waals surface area contributed by atoms with Gasteiger partial charge in [0.05, 0.1) is 12.9 Å². The van der Waals surface area contributed by atoms with Crippen molar-refractivity contribution in [2.45, 2.75) is 52.0 Å². The largest absolute Gasteiger partial charge is 0.508 e. The number of nitrogens with two attached hydrogens (primary N) is 1. The van der Waals surface area contributed by atoms with Crippen molar-refractivity contribution in [1.82, 2.24) is 10.2 Å². The quantitative estimate of drug-likeness (QED) is 0.483. The number of nitrogens with one attached hydrogen (secondary N) is 1. The van der Waals surface area contributed by atoms with Crippen molar-refractivity contribution >= 4 is 6.34 Å². The van der Waals surface area contributed by atoms with Crippen LogP contribution in [0.15, 0.2) is 47.5 Å².